The Kier molecular flexibility index (Phi) is 9.52. The number of nitrogens with zero attached hydrogens (tertiary/aromatic N) is 1. The molecule has 3 aromatic carbocycles. The van der Waals surface area contributed by atoms with Crippen molar-refractivity contribution < 1.29 is 19.1 Å². The number of carbonyl (C=O) groups excluding carboxylic acids is 2. The van der Waals surface area contributed by atoms with Crippen molar-refractivity contribution in [1.29, 1.82) is 0 Å². The predicted octanol–water partition coefficient (Wildman–Crippen LogP) is 4.76. The molecule has 1 unspecified atom stereocenters. The molecule has 0 radical (unpaired) electrons. The van der Waals surface area contributed by atoms with E-state index >= 15 is 0 Å². The van der Waals surface area contributed by atoms with Crippen LogP contribution in [0.1, 0.15) is 36.9 Å². The average Bonchev–Trinajstić information content (AvgIpc) is 2.88. The first-order chi connectivity index (χ1) is 16.6. The van der Waals surface area contributed by atoms with Crippen LogP contribution in [0.15, 0.2) is 84.9 Å². The number of unbranched alkanes of at least 4 members (excludes halogenated alkanes) is 1. The first-order valence-electron chi connectivity index (χ1n) is 11.5. The van der Waals surface area contributed by atoms with Crippen LogP contribution in [0.5, 0.6) is 11.5 Å². The summed E-state index contributed by atoms with van der Waals surface area (Å²) in [6.45, 7) is 2.71. The molecule has 178 valence electrons. The van der Waals surface area contributed by atoms with Crippen molar-refractivity contribution in [2.24, 2.45) is 0 Å². The van der Waals surface area contributed by atoms with Gasteiger partial charge in [-0.1, -0.05) is 74.0 Å². The Morgan fingerprint density at radius 2 is 1.53 bits per heavy atom. The van der Waals surface area contributed by atoms with E-state index in [-0.39, 0.29) is 25.0 Å². The maximum atomic E-state index is 13.5. The lowest BCUT2D eigenvalue weighted by atomic mass is 10.0. The number of rotatable bonds is 12. The molecule has 0 aliphatic carbocycles. The molecule has 0 fully saturated rings. The van der Waals surface area contributed by atoms with E-state index in [1.807, 2.05) is 72.8 Å². The lowest BCUT2D eigenvalue weighted by Gasteiger charge is -2.31. The molecule has 0 aromatic heterocycles. The van der Waals surface area contributed by atoms with Gasteiger partial charge in [0, 0.05) is 13.1 Å². The number of ether oxygens (including phenoxy) is 2. The van der Waals surface area contributed by atoms with Crippen LogP contribution < -0.4 is 14.8 Å². The molecule has 2 amide bonds. The molecular weight excluding hydrogens is 428 g/mol. The van der Waals surface area contributed by atoms with E-state index < -0.39 is 6.04 Å². The molecule has 1 N–H and O–H groups in total. The number of methoxy groups -OCH3 is 1. The van der Waals surface area contributed by atoms with Gasteiger partial charge >= 0.3 is 0 Å². The molecule has 1 atom stereocenters. The second-order valence-corrected chi connectivity index (χ2v) is 7.93. The van der Waals surface area contributed by atoms with Crippen LogP contribution in [0.3, 0.4) is 0 Å². The van der Waals surface area contributed by atoms with Gasteiger partial charge in [0.2, 0.25) is 5.91 Å². The van der Waals surface area contributed by atoms with Crippen molar-refractivity contribution >= 4 is 11.8 Å². The Morgan fingerprint density at radius 3 is 2.15 bits per heavy atom. The van der Waals surface area contributed by atoms with Crippen molar-refractivity contribution in [3.8, 4) is 11.5 Å². The molecule has 0 bridgehead atoms. The molecule has 0 aliphatic heterocycles. The van der Waals surface area contributed by atoms with E-state index in [9.17, 15) is 9.59 Å². The van der Waals surface area contributed by atoms with E-state index in [0.717, 1.165) is 29.7 Å². The monoisotopic (exact) mass is 460 g/mol. The minimum absolute atomic E-state index is 0.175. The molecule has 0 saturated heterocycles. The minimum Gasteiger partial charge on any atom is -0.497 e. The normalized spacial score (nSPS) is 11.4. The third-order valence-corrected chi connectivity index (χ3v) is 5.44. The van der Waals surface area contributed by atoms with Gasteiger partial charge in [-0.3, -0.25) is 9.59 Å². The Morgan fingerprint density at radius 1 is 0.882 bits per heavy atom. The highest BCUT2D eigenvalue weighted by molar-refractivity contribution is 5.89. The van der Waals surface area contributed by atoms with E-state index in [2.05, 4.69) is 12.2 Å². The summed E-state index contributed by atoms with van der Waals surface area (Å²) in [6.07, 6.45) is 1.84. The van der Waals surface area contributed by atoms with Crippen LogP contribution in [0.2, 0.25) is 0 Å². The predicted molar refractivity (Wildman–Crippen MR) is 133 cm³/mol. The fraction of sp³-hybridized carbons (Fsp3) is 0.286. The summed E-state index contributed by atoms with van der Waals surface area (Å²) in [7, 11) is 1.61. The summed E-state index contributed by atoms with van der Waals surface area (Å²) in [5, 5.41) is 3.00. The summed E-state index contributed by atoms with van der Waals surface area (Å²) in [4.78, 5) is 28.4. The zero-order valence-electron chi connectivity index (χ0n) is 19.8. The number of hydrogen-bond acceptors (Lipinski definition) is 4. The highest BCUT2D eigenvalue weighted by atomic mass is 16.5. The Hall–Kier alpha value is -3.80. The smallest absolute Gasteiger partial charge is 0.261 e. The third kappa shape index (κ3) is 7.10. The van der Waals surface area contributed by atoms with Crippen molar-refractivity contribution in [1.82, 2.24) is 10.2 Å². The van der Waals surface area contributed by atoms with Gasteiger partial charge < -0.3 is 19.7 Å². The van der Waals surface area contributed by atoms with Crippen molar-refractivity contribution in [3.63, 3.8) is 0 Å². The fourth-order valence-electron chi connectivity index (χ4n) is 3.59. The molecular formula is C28H32N2O4. The van der Waals surface area contributed by atoms with Gasteiger partial charge in [0.05, 0.1) is 7.11 Å². The molecule has 6 nitrogen and oxygen atoms in total. The van der Waals surface area contributed by atoms with E-state index in [4.69, 9.17) is 9.47 Å². The molecule has 6 heteroatoms. The largest absolute Gasteiger partial charge is 0.497 e. The lowest BCUT2D eigenvalue weighted by Crippen LogP contribution is -2.45. The Labute approximate surface area is 201 Å². The van der Waals surface area contributed by atoms with Gasteiger partial charge in [-0.15, -0.1) is 0 Å². The van der Waals surface area contributed by atoms with Gasteiger partial charge in [-0.25, -0.2) is 0 Å². The molecule has 0 heterocycles. The van der Waals surface area contributed by atoms with Crippen LogP contribution >= 0.6 is 0 Å². The van der Waals surface area contributed by atoms with Gasteiger partial charge in [0.25, 0.3) is 5.91 Å². The summed E-state index contributed by atoms with van der Waals surface area (Å²) >= 11 is 0. The summed E-state index contributed by atoms with van der Waals surface area (Å²) < 4.78 is 11.0. The third-order valence-electron chi connectivity index (χ3n) is 5.44. The topological polar surface area (TPSA) is 67.9 Å². The molecule has 3 aromatic rings. The number of nitrogens with one attached hydrogen (secondary N) is 1. The zero-order chi connectivity index (χ0) is 24.2. The van der Waals surface area contributed by atoms with Gasteiger partial charge in [0.15, 0.2) is 6.61 Å². The number of benzene rings is 3. The SMILES string of the molecule is CCCCNC(=O)C(c1ccccc1)N(Cc1ccc(OC)cc1)C(=O)COc1ccccc1. The van der Waals surface area contributed by atoms with Crippen molar-refractivity contribution in [3.05, 3.63) is 96.1 Å². The second kappa shape index (κ2) is 13.0. The summed E-state index contributed by atoms with van der Waals surface area (Å²) in [6, 6.07) is 25.3. The first kappa shape index (κ1) is 24.8. The standard InChI is InChI=1S/C28H32N2O4/c1-3-4-19-29-28(32)27(23-11-7-5-8-12-23)30(20-22-15-17-24(33-2)18-16-22)26(31)21-34-25-13-9-6-10-14-25/h5-18,27H,3-4,19-21H2,1-2H3,(H,29,32). The Balaban J connectivity index is 1.90. The minimum atomic E-state index is -0.785. The number of carbonyl (C=O) groups is 2. The highest BCUT2D eigenvalue weighted by Gasteiger charge is 2.31. The van der Waals surface area contributed by atoms with Crippen LogP contribution in [0, 0.1) is 0 Å². The van der Waals surface area contributed by atoms with Crippen LogP contribution in [-0.4, -0.2) is 37.0 Å². The summed E-state index contributed by atoms with van der Waals surface area (Å²) in [5.74, 6) is 0.843. The van der Waals surface area contributed by atoms with Crippen molar-refractivity contribution in [2.75, 3.05) is 20.3 Å². The van der Waals surface area contributed by atoms with E-state index in [0.29, 0.717) is 12.3 Å². The van der Waals surface area contributed by atoms with Crippen LogP contribution in [0.4, 0.5) is 0 Å². The number of hydrogen-bond donors (Lipinski definition) is 1. The fourth-order valence-corrected chi connectivity index (χ4v) is 3.59. The first-order valence-corrected chi connectivity index (χ1v) is 11.5. The molecule has 0 aliphatic rings. The van der Waals surface area contributed by atoms with Crippen LogP contribution in [-0.2, 0) is 16.1 Å². The van der Waals surface area contributed by atoms with Crippen molar-refractivity contribution in [2.45, 2.75) is 32.4 Å². The maximum absolute atomic E-state index is 13.5. The van der Waals surface area contributed by atoms with Crippen LogP contribution in [0.25, 0.3) is 0 Å². The Bertz CT molecular complexity index is 1020. The van der Waals surface area contributed by atoms with Gasteiger partial charge in [-0.2, -0.15) is 0 Å². The van der Waals surface area contributed by atoms with Gasteiger partial charge in [-0.05, 0) is 41.8 Å². The number of para-hydroxylation sites is 1. The quantitative estimate of drug-likeness (QED) is 0.396. The molecule has 34 heavy (non-hydrogen) atoms. The maximum Gasteiger partial charge on any atom is 0.261 e. The average molecular weight is 461 g/mol. The lowest BCUT2D eigenvalue weighted by molar-refractivity contribution is -0.143. The highest BCUT2D eigenvalue weighted by Crippen LogP contribution is 2.25. The van der Waals surface area contributed by atoms with E-state index in [1.165, 1.54) is 0 Å². The van der Waals surface area contributed by atoms with Gasteiger partial charge in [0.1, 0.15) is 17.5 Å². The molecule has 0 saturated carbocycles. The molecule has 3 rings (SSSR count). The summed E-state index contributed by atoms with van der Waals surface area (Å²) in [5.41, 5.74) is 1.63. The van der Waals surface area contributed by atoms with E-state index in [1.54, 1.807) is 24.1 Å². The number of amides is 2. The molecule has 0 spiro atoms. The zero-order valence-corrected chi connectivity index (χ0v) is 19.8. The second-order valence-electron chi connectivity index (χ2n) is 7.93.